The van der Waals surface area contributed by atoms with E-state index < -0.39 is 0 Å². The van der Waals surface area contributed by atoms with Gasteiger partial charge in [0.25, 0.3) is 0 Å². The second-order valence-electron chi connectivity index (χ2n) is 7.48. The van der Waals surface area contributed by atoms with Crippen molar-refractivity contribution in [3.8, 4) is 0 Å². The average Bonchev–Trinajstić information content (AvgIpc) is 3.19. The minimum atomic E-state index is 0.0172. The van der Waals surface area contributed by atoms with Crippen molar-refractivity contribution in [3.05, 3.63) is 60.2 Å². The predicted molar refractivity (Wildman–Crippen MR) is 115 cm³/mol. The SMILES string of the molecule is O=C(CN1CCOCC1)Nc1c2c(nc3ccccc13)N(c1ccccc1)CC2. The first kappa shape index (κ1) is 18.1. The molecule has 0 spiro atoms. The molecule has 29 heavy (non-hydrogen) atoms. The van der Waals surface area contributed by atoms with Crippen LogP contribution in [0.4, 0.5) is 17.2 Å². The molecule has 2 aromatic carbocycles. The molecule has 1 aromatic heterocycles. The molecule has 2 aliphatic rings. The second-order valence-corrected chi connectivity index (χ2v) is 7.48. The quantitative estimate of drug-likeness (QED) is 0.744. The number of aromatic nitrogens is 1. The number of fused-ring (bicyclic) bond motifs is 2. The highest BCUT2D eigenvalue weighted by Gasteiger charge is 2.27. The van der Waals surface area contributed by atoms with Gasteiger partial charge in [-0.15, -0.1) is 0 Å². The number of benzene rings is 2. The number of hydrogen-bond donors (Lipinski definition) is 1. The monoisotopic (exact) mass is 388 g/mol. The minimum absolute atomic E-state index is 0.0172. The summed E-state index contributed by atoms with van der Waals surface area (Å²) >= 11 is 0. The average molecular weight is 388 g/mol. The van der Waals surface area contributed by atoms with Gasteiger partial charge in [-0.25, -0.2) is 4.98 Å². The van der Waals surface area contributed by atoms with Gasteiger partial charge < -0.3 is 15.0 Å². The van der Waals surface area contributed by atoms with E-state index in [-0.39, 0.29) is 5.91 Å². The van der Waals surface area contributed by atoms with Gasteiger partial charge >= 0.3 is 0 Å². The van der Waals surface area contributed by atoms with Crippen molar-refractivity contribution in [1.82, 2.24) is 9.88 Å². The third kappa shape index (κ3) is 3.57. The lowest BCUT2D eigenvalue weighted by molar-refractivity contribution is -0.118. The highest BCUT2D eigenvalue weighted by molar-refractivity contribution is 6.05. The van der Waals surface area contributed by atoms with Gasteiger partial charge in [0.1, 0.15) is 5.82 Å². The van der Waals surface area contributed by atoms with E-state index in [1.807, 2.05) is 42.5 Å². The standard InChI is InChI=1S/C23H24N4O2/c28-21(16-26-12-14-29-15-13-26)25-22-18-8-4-5-9-20(18)24-23-19(22)10-11-27(23)17-6-2-1-3-7-17/h1-9H,10-16H2,(H,24,25,28). The van der Waals surface area contributed by atoms with Crippen LogP contribution in [0, 0.1) is 0 Å². The Morgan fingerprint density at radius 1 is 1.00 bits per heavy atom. The highest BCUT2D eigenvalue weighted by atomic mass is 16.5. The number of anilines is 3. The van der Waals surface area contributed by atoms with E-state index in [2.05, 4.69) is 27.2 Å². The summed E-state index contributed by atoms with van der Waals surface area (Å²) in [5, 5.41) is 4.21. The molecule has 6 heteroatoms. The number of rotatable bonds is 4. The summed E-state index contributed by atoms with van der Waals surface area (Å²) < 4.78 is 5.38. The number of hydrogen-bond acceptors (Lipinski definition) is 5. The molecule has 3 heterocycles. The Morgan fingerprint density at radius 2 is 1.76 bits per heavy atom. The first-order valence-electron chi connectivity index (χ1n) is 10.1. The number of nitrogens with one attached hydrogen (secondary N) is 1. The number of pyridine rings is 1. The Morgan fingerprint density at radius 3 is 2.59 bits per heavy atom. The molecule has 5 rings (SSSR count). The van der Waals surface area contributed by atoms with Gasteiger partial charge in [-0.1, -0.05) is 36.4 Å². The molecule has 6 nitrogen and oxygen atoms in total. The first-order chi connectivity index (χ1) is 14.3. The first-order valence-corrected chi connectivity index (χ1v) is 10.1. The number of ether oxygens (including phenoxy) is 1. The normalized spacial score (nSPS) is 16.8. The summed E-state index contributed by atoms with van der Waals surface area (Å²) in [7, 11) is 0. The summed E-state index contributed by atoms with van der Waals surface area (Å²) in [4.78, 5) is 22.2. The van der Waals surface area contributed by atoms with Crippen LogP contribution in [0.3, 0.4) is 0 Å². The molecule has 0 saturated carbocycles. The Balaban J connectivity index is 1.50. The van der Waals surface area contributed by atoms with Crippen molar-refractivity contribution in [2.24, 2.45) is 0 Å². The molecule has 3 aromatic rings. The van der Waals surface area contributed by atoms with Crippen molar-refractivity contribution in [2.75, 3.05) is 49.6 Å². The zero-order chi connectivity index (χ0) is 19.6. The molecular formula is C23H24N4O2. The number of morpholine rings is 1. The molecule has 1 saturated heterocycles. The maximum Gasteiger partial charge on any atom is 0.238 e. The van der Waals surface area contributed by atoms with Crippen LogP contribution in [0.2, 0.25) is 0 Å². The molecular weight excluding hydrogens is 364 g/mol. The van der Waals surface area contributed by atoms with Crippen molar-refractivity contribution < 1.29 is 9.53 Å². The van der Waals surface area contributed by atoms with E-state index >= 15 is 0 Å². The van der Waals surface area contributed by atoms with Gasteiger partial charge in [0.05, 0.1) is 31.0 Å². The maximum atomic E-state index is 12.8. The lowest BCUT2D eigenvalue weighted by atomic mass is 10.1. The minimum Gasteiger partial charge on any atom is -0.379 e. The topological polar surface area (TPSA) is 57.7 Å². The van der Waals surface area contributed by atoms with E-state index in [4.69, 9.17) is 9.72 Å². The van der Waals surface area contributed by atoms with Crippen LogP contribution in [-0.4, -0.2) is 55.2 Å². The predicted octanol–water partition coefficient (Wildman–Crippen LogP) is 3.20. The van der Waals surface area contributed by atoms with Crippen LogP contribution in [0.1, 0.15) is 5.56 Å². The van der Waals surface area contributed by atoms with E-state index in [1.54, 1.807) is 0 Å². The number of nitrogens with zero attached hydrogens (tertiary/aromatic N) is 3. The van der Waals surface area contributed by atoms with Crippen LogP contribution < -0.4 is 10.2 Å². The van der Waals surface area contributed by atoms with Gasteiger partial charge in [-0.3, -0.25) is 9.69 Å². The fourth-order valence-corrected chi connectivity index (χ4v) is 4.17. The molecule has 0 aliphatic carbocycles. The second kappa shape index (κ2) is 7.81. The highest BCUT2D eigenvalue weighted by Crippen LogP contribution is 2.40. The number of carbonyl (C=O) groups is 1. The summed E-state index contributed by atoms with van der Waals surface area (Å²) in [6.07, 6.45) is 0.856. The summed E-state index contributed by atoms with van der Waals surface area (Å²) in [5.74, 6) is 0.959. The summed E-state index contributed by atoms with van der Waals surface area (Å²) in [6, 6.07) is 18.3. The number of amides is 1. The van der Waals surface area contributed by atoms with Crippen LogP contribution in [0.5, 0.6) is 0 Å². The Kier molecular flexibility index (Phi) is 4.87. The fraction of sp³-hybridized carbons (Fsp3) is 0.304. The zero-order valence-corrected chi connectivity index (χ0v) is 16.3. The van der Waals surface area contributed by atoms with Crippen molar-refractivity contribution in [1.29, 1.82) is 0 Å². The molecule has 1 N–H and O–H groups in total. The zero-order valence-electron chi connectivity index (χ0n) is 16.3. The lowest BCUT2D eigenvalue weighted by Gasteiger charge is -2.26. The van der Waals surface area contributed by atoms with Crippen LogP contribution in [0.25, 0.3) is 10.9 Å². The molecule has 0 radical (unpaired) electrons. The van der Waals surface area contributed by atoms with Gasteiger partial charge in [-0.2, -0.15) is 0 Å². The molecule has 2 aliphatic heterocycles. The molecule has 1 fully saturated rings. The lowest BCUT2D eigenvalue weighted by Crippen LogP contribution is -2.41. The smallest absolute Gasteiger partial charge is 0.238 e. The molecule has 0 unspecified atom stereocenters. The van der Waals surface area contributed by atoms with E-state index in [9.17, 15) is 4.79 Å². The van der Waals surface area contributed by atoms with Crippen LogP contribution in [0.15, 0.2) is 54.6 Å². The van der Waals surface area contributed by atoms with Gasteiger partial charge in [-0.05, 0) is 24.6 Å². The molecule has 0 atom stereocenters. The molecule has 0 bridgehead atoms. The molecule has 1 amide bonds. The van der Waals surface area contributed by atoms with Crippen LogP contribution >= 0.6 is 0 Å². The Bertz CT molecular complexity index is 1030. The third-order valence-corrected chi connectivity index (χ3v) is 5.62. The van der Waals surface area contributed by atoms with Crippen molar-refractivity contribution >= 4 is 34.0 Å². The maximum absolute atomic E-state index is 12.8. The van der Waals surface area contributed by atoms with Gasteiger partial charge in [0, 0.05) is 36.3 Å². The van der Waals surface area contributed by atoms with E-state index in [1.165, 1.54) is 0 Å². The molecule has 148 valence electrons. The number of para-hydroxylation sites is 2. The largest absolute Gasteiger partial charge is 0.379 e. The Labute approximate surface area is 170 Å². The fourth-order valence-electron chi connectivity index (χ4n) is 4.17. The van der Waals surface area contributed by atoms with Gasteiger partial charge in [0.2, 0.25) is 5.91 Å². The van der Waals surface area contributed by atoms with Crippen LogP contribution in [-0.2, 0) is 16.0 Å². The van der Waals surface area contributed by atoms with E-state index in [0.29, 0.717) is 19.8 Å². The third-order valence-electron chi connectivity index (χ3n) is 5.62. The summed E-state index contributed by atoms with van der Waals surface area (Å²) in [6.45, 7) is 4.21. The number of carbonyl (C=O) groups excluding carboxylic acids is 1. The Hall–Kier alpha value is -2.96. The van der Waals surface area contributed by atoms with E-state index in [0.717, 1.165) is 59.7 Å². The van der Waals surface area contributed by atoms with Gasteiger partial charge in [0.15, 0.2) is 0 Å². The van der Waals surface area contributed by atoms with Crippen molar-refractivity contribution in [3.63, 3.8) is 0 Å². The van der Waals surface area contributed by atoms with Crippen molar-refractivity contribution in [2.45, 2.75) is 6.42 Å². The summed E-state index contributed by atoms with van der Waals surface area (Å²) in [5.41, 5.74) is 4.04.